The Bertz CT molecular complexity index is 694. The summed E-state index contributed by atoms with van der Waals surface area (Å²) >= 11 is 0. The molecule has 1 amide bonds. The molecule has 0 spiro atoms. The third-order valence-corrected chi connectivity index (χ3v) is 4.09. The highest BCUT2D eigenvalue weighted by Gasteiger charge is 2.26. The molecule has 1 atom stereocenters. The highest BCUT2D eigenvalue weighted by molar-refractivity contribution is 5.91. The van der Waals surface area contributed by atoms with Crippen molar-refractivity contribution in [3.63, 3.8) is 0 Å². The number of nitrogens with two attached hydrogens (primary N) is 1. The molecular formula is C16H24Cl2N6O2. The van der Waals surface area contributed by atoms with Crippen molar-refractivity contribution in [2.24, 2.45) is 11.7 Å². The Morgan fingerprint density at radius 2 is 2.23 bits per heavy atom. The van der Waals surface area contributed by atoms with E-state index >= 15 is 0 Å². The van der Waals surface area contributed by atoms with Gasteiger partial charge in [0.2, 0.25) is 11.8 Å². The molecule has 1 fully saturated rings. The third kappa shape index (κ3) is 5.91. The fraction of sp³-hybridized carbons (Fsp3) is 0.500. The lowest BCUT2D eigenvalue weighted by atomic mass is 9.97. The maximum absolute atomic E-state index is 12.5. The molecular weight excluding hydrogens is 379 g/mol. The highest BCUT2D eigenvalue weighted by atomic mass is 35.5. The van der Waals surface area contributed by atoms with Crippen LogP contribution in [0.15, 0.2) is 22.9 Å². The number of carbonyl (C=O) groups excluding carboxylic acids is 1. The largest absolute Gasteiger partial charge is 0.338 e. The van der Waals surface area contributed by atoms with E-state index in [1.54, 1.807) is 6.20 Å². The van der Waals surface area contributed by atoms with Crippen LogP contribution in [0.2, 0.25) is 0 Å². The number of aromatic nitrogens is 3. The number of halogens is 2. The second-order valence-corrected chi connectivity index (χ2v) is 6.09. The van der Waals surface area contributed by atoms with Crippen LogP contribution >= 0.6 is 24.8 Å². The lowest BCUT2D eigenvalue weighted by Gasteiger charge is -2.30. The molecule has 2 aromatic rings. The molecule has 0 saturated carbocycles. The van der Waals surface area contributed by atoms with E-state index in [0.717, 1.165) is 24.9 Å². The van der Waals surface area contributed by atoms with Gasteiger partial charge in [0.1, 0.15) is 5.82 Å². The summed E-state index contributed by atoms with van der Waals surface area (Å²) in [5, 5.41) is 6.80. The molecule has 1 saturated heterocycles. The number of rotatable bonds is 5. The smallest absolute Gasteiger partial charge is 0.240 e. The molecule has 26 heavy (non-hydrogen) atoms. The standard InChI is InChI=1S/C16H22N6O2.2ClH/c1-11-4-5-13(18-8-11)20-16(23)12-3-2-6-22(9-12)10-14-19-15(7-17)24-21-14;;/h4-5,8,12H,2-3,6-7,9-10,17H2,1H3,(H,18,20,23);2*1H. The van der Waals surface area contributed by atoms with Crippen molar-refractivity contribution in [1.82, 2.24) is 20.0 Å². The van der Waals surface area contributed by atoms with Gasteiger partial charge in [0.25, 0.3) is 0 Å². The molecule has 1 aliphatic heterocycles. The minimum atomic E-state index is -0.0669. The van der Waals surface area contributed by atoms with Crippen LogP contribution in [0.5, 0.6) is 0 Å². The summed E-state index contributed by atoms with van der Waals surface area (Å²) in [4.78, 5) is 23.1. The molecule has 2 aromatic heterocycles. The predicted molar refractivity (Wildman–Crippen MR) is 102 cm³/mol. The monoisotopic (exact) mass is 402 g/mol. The first-order valence-corrected chi connectivity index (χ1v) is 8.11. The number of piperidine rings is 1. The zero-order valence-corrected chi connectivity index (χ0v) is 16.2. The van der Waals surface area contributed by atoms with Gasteiger partial charge in [0, 0.05) is 12.7 Å². The molecule has 3 rings (SSSR count). The molecule has 10 heteroatoms. The molecule has 3 N–H and O–H groups in total. The molecule has 8 nitrogen and oxygen atoms in total. The number of nitrogens with one attached hydrogen (secondary N) is 1. The minimum Gasteiger partial charge on any atom is -0.338 e. The first kappa shape index (κ1) is 22.3. The summed E-state index contributed by atoms with van der Waals surface area (Å²) in [6, 6.07) is 3.75. The summed E-state index contributed by atoms with van der Waals surface area (Å²) in [5.74, 6) is 1.57. The van der Waals surface area contributed by atoms with Gasteiger partial charge < -0.3 is 15.6 Å². The van der Waals surface area contributed by atoms with Gasteiger partial charge in [-0.3, -0.25) is 9.69 Å². The van der Waals surface area contributed by atoms with Crippen molar-refractivity contribution >= 4 is 36.5 Å². The first-order chi connectivity index (χ1) is 11.6. The summed E-state index contributed by atoms with van der Waals surface area (Å²) in [6.45, 7) is 4.35. The normalized spacial score (nSPS) is 17.1. The zero-order chi connectivity index (χ0) is 16.9. The number of hydrogen-bond donors (Lipinski definition) is 2. The van der Waals surface area contributed by atoms with E-state index in [1.807, 2.05) is 19.1 Å². The maximum Gasteiger partial charge on any atom is 0.240 e. The van der Waals surface area contributed by atoms with Gasteiger partial charge in [0.05, 0.1) is 19.0 Å². The van der Waals surface area contributed by atoms with Gasteiger partial charge in [0.15, 0.2) is 5.82 Å². The van der Waals surface area contributed by atoms with E-state index in [2.05, 4.69) is 25.3 Å². The Labute approximate surface area is 164 Å². The van der Waals surface area contributed by atoms with Crippen molar-refractivity contribution in [2.75, 3.05) is 18.4 Å². The Morgan fingerprint density at radius 1 is 1.42 bits per heavy atom. The lowest BCUT2D eigenvalue weighted by Crippen LogP contribution is -2.40. The van der Waals surface area contributed by atoms with Crippen molar-refractivity contribution in [2.45, 2.75) is 32.9 Å². The molecule has 0 bridgehead atoms. The van der Waals surface area contributed by atoms with E-state index in [9.17, 15) is 4.79 Å². The van der Waals surface area contributed by atoms with Gasteiger partial charge in [-0.2, -0.15) is 4.98 Å². The first-order valence-electron chi connectivity index (χ1n) is 8.11. The fourth-order valence-electron chi connectivity index (χ4n) is 2.82. The quantitative estimate of drug-likeness (QED) is 0.785. The van der Waals surface area contributed by atoms with Crippen LogP contribution in [-0.2, 0) is 17.9 Å². The molecule has 0 aromatic carbocycles. The van der Waals surface area contributed by atoms with Crippen LogP contribution in [0.3, 0.4) is 0 Å². The Morgan fingerprint density at radius 3 is 2.88 bits per heavy atom. The van der Waals surface area contributed by atoms with Crippen molar-refractivity contribution in [3.8, 4) is 0 Å². The minimum absolute atomic E-state index is 0. The van der Waals surface area contributed by atoms with Gasteiger partial charge in [-0.25, -0.2) is 4.98 Å². The van der Waals surface area contributed by atoms with Crippen molar-refractivity contribution < 1.29 is 9.32 Å². The second-order valence-electron chi connectivity index (χ2n) is 6.09. The fourth-order valence-corrected chi connectivity index (χ4v) is 2.82. The van der Waals surface area contributed by atoms with Gasteiger partial charge >= 0.3 is 0 Å². The van der Waals surface area contributed by atoms with E-state index in [-0.39, 0.29) is 43.2 Å². The van der Waals surface area contributed by atoms with Crippen LogP contribution in [-0.4, -0.2) is 39.0 Å². The number of pyridine rings is 1. The van der Waals surface area contributed by atoms with Crippen LogP contribution in [0.1, 0.15) is 30.1 Å². The number of nitrogens with zero attached hydrogens (tertiary/aromatic N) is 4. The van der Waals surface area contributed by atoms with Crippen LogP contribution in [0.4, 0.5) is 5.82 Å². The molecule has 1 aliphatic rings. The van der Waals surface area contributed by atoms with E-state index < -0.39 is 0 Å². The molecule has 1 unspecified atom stereocenters. The topological polar surface area (TPSA) is 110 Å². The van der Waals surface area contributed by atoms with Crippen LogP contribution < -0.4 is 11.1 Å². The SMILES string of the molecule is Cc1ccc(NC(=O)C2CCCN(Cc3noc(CN)n3)C2)nc1.Cl.Cl. The van der Waals surface area contributed by atoms with E-state index in [1.165, 1.54) is 0 Å². The summed E-state index contributed by atoms with van der Waals surface area (Å²) in [6.07, 6.45) is 3.57. The lowest BCUT2D eigenvalue weighted by molar-refractivity contribution is -0.121. The van der Waals surface area contributed by atoms with E-state index in [0.29, 0.717) is 30.6 Å². The number of carbonyl (C=O) groups is 1. The maximum atomic E-state index is 12.5. The van der Waals surface area contributed by atoms with Crippen LogP contribution in [0.25, 0.3) is 0 Å². The second kappa shape index (κ2) is 10.4. The number of amides is 1. The Balaban J connectivity index is 0.00000169. The molecule has 0 aliphatic carbocycles. The Hall–Kier alpha value is -1.74. The number of hydrogen-bond acceptors (Lipinski definition) is 7. The number of likely N-dealkylation sites (tertiary alicyclic amines) is 1. The van der Waals surface area contributed by atoms with Gasteiger partial charge in [-0.1, -0.05) is 11.2 Å². The highest BCUT2D eigenvalue weighted by Crippen LogP contribution is 2.19. The van der Waals surface area contributed by atoms with Gasteiger partial charge in [-0.15, -0.1) is 24.8 Å². The molecule has 144 valence electrons. The van der Waals surface area contributed by atoms with Crippen LogP contribution in [0, 0.1) is 12.8 Å². The average molecular weight is 403 g/mol. The summed E-state index contributed by atoms with van der Waals surface area (Å²) in [5.41, 5.74) is 6.54. The zero-order valence-electron chi connectivity index (χ0n) is 14.6. The number of aryl methyl sites for hydroxylation is 1. The van der Waals surface area contributed by atoms with E-state index in [4.69, 9.17) is 10.3 Å². The molecule has 0 radical (unpaired) electrons. The van der Waals surface area contributed by atoms with Crippen molar-refractivity contribution in [3.05, 3.63) is 35.6 Å². The number of anilines is 1. The molecule has 3 heterocycles. The summed E-state index contributed by atoms with van der Waals surface area (Å²) < 4.78 is 5.02. The summed E-state index contributed by atoms with van der Waals surface area (Å²) in [7, 11) is 0. The van der Waals surface area contributed by atoms with Crippen molar-refractivity contribution in [1.29, 1.82) is 0 Å². The predicted octanol–water partition coefficient (Wildman–Crippen LogP) is 1.93. The average Bonchev–Trinajstić information content (AvgIpc) is 3.05. The Kier molecular flexibility index (Phi) is 8.94. The van der Waals surface area contributed by atoms with Gasteiger partial charge in [-0.05, 0) is 37.9 Å². The third-order valence-electron chi connectivity index (χ3n) is 4.09.